The van der Waals surface area contributed by atoms with Gasteiger partial charge in [-0.2, -0.15) is 0 Å². The monoisotopic (exact) mass is 820 g/mol. The fourth-order valence-corrected chi connectivity index (χ4v) is 13.2. The molecule has 0 nitrogen and oxygen atoms in total. The maximum atomic E-state index is 2.57. The van der Waals surface area contributed by atoms with E-state index in [-0.39, 0.29) is 11.3 Å². The van der Waals surface area contributed by atoms with Crippen LogP contribution in [0.5, 0.6) is 0 Å². The van der Waals surface area contributed by atoms with Crippen molar-refractivity contribution < 1.29 is 0 Å². The minimum atomic E-state index is -0.277. The third-order valence-electron chi connectivity index (χ3n) is 15.7. The molecule has 15 rings (SSSR count). The third-order valence-corrected chi connectivity index (χ3v) is 15.7. The lowest BCUT2D eigenvalue weighted by atomic mass is 9.63. The second-order valence-corrected chi connectivity index (χ2v) is 18.7. The molecular weight excluding hydrogens is 781 g/mol. The van der Waals surface area contributed by atoms with Crippen LogP contribution < -0.4 is 0 Å². The lowest BCUT2D eigenvalue weighted by molar-refractivity contribution is 0.505. The van der Waals surface area contributed by atoms with Crippen LogP contribution >= 0.6 is 0 Å². The second-order valence-electron chi connectivity index (χ2n) is 18.7. The van der Waals surface area contributed by atoms with Crippen molar-refractivity contribution in [2.75, 3.05) is 0 Å². The summed E-state index contributed by atoms with van der Waals surface area (Å²) in [5.74, 6) is 0.162. The molecule has 0 spiro atoms. The number of benzene rings is 10. The molecule has 0 aromatic heterocycles. The number of rotatable bonds is 4. The van der Waals surface area contributed by atoms with Gasteiger partial charge in [0.25, 0.3) is 0 Å². The highest BCUT2D eigenvalue weighted by Gasteiger charge is 2.53. The van der Waals surface area contributed by atoms with Crippen molar-refractivity contribution in [3.63, 3.8) is 0 Å². The summed E-state index contributed by atoms with van der Waals surface area (Å²) in [5, 5.41) is 7.97. The summed E-state index contributed by atoms with van der Waals surface area (Å²) in [6.07, 6.45) is 12.3. The van der Waals surface area contributed by atoms with Gasteiger partial charge in [-0.3, -0.25) is 0 Å². The minimum Gasteiger partial charge on any atom is -0.0751 e. The van der Waals surface area contributed by atoms with Crippen LogP contribution in [0.2, 0.25) is 0 Å². The van der Waals surface area contributed by atoms with Crippen LogP contribution in [0, 0.1) is 5.41 Å². The Morgan fingerprint density at radius 2 is 0.877 bits per heavy atom. The lowest BCUT2D eigenvalue weighted by Gasteiger charge is -2.40. The summed E-state index contributed by atoms with van der Waals surface area (Å²) < 4.78 is 0. The quantitative estimate of drug-likeness (QED) is 0.166. The molecule has 0 heteroatoms. The largest absolute Gasteiger partial charge is 0.0751 e. The first kappa shape index (κ1) is 35.4. The van der Waals surface area contributed by atoms with Gasteiger partial charge in [0.2, 0.25) is 0 Å². The van der Waals surface area contributed by atoms with Crippen LogP contribution in [0.3, 0.4) is 0 Å². The molecule has 0 radical (unpaired) electrons. The minimum absolute atomic E-state index is 0.162. The topological polar surface area (TPSA) is 0 Å². The summed E-state index contributed by atoms with van der Waals surface area (Å²) in [7, 11) is 0. The van der Waals surface area contributed by atoms with E-state index in [1.807, 2.05) is 0 Å². The SMILES string of the molecule is CC12C3=CC=CC1=C(c1ccc4c5c(cccc15)-c1c-4c(-c4ccccc4)c4ccccc4c1-c1ccccc1)C=CC2c1c3c2c3c(cccc3c1-c1ccccc1)-c1ccccc1-2. The molecule has 2 atom stereocenters. The Hall–Kier alpha value is -8.06. The van der Waals surface area contributed by atoms with Gasteiger partial charge in [0.1, 0.15) is 0 Å². The molecule has 300 valence electrons. The molecule has 10 aromatic carbocycles. The van der Waals surface area contributed by atoms with Crippen molar-refractivity contribution in [1.82, 2.24) is 0 Å². The van der Waals surface area contributed by atoms with Gasteiger partial charge in [-0.15, -0.1) is 0 Å². The fourth-order valence-electron chi connectivity index (χ4n) is 13.2. The Morgan fingerprint density at radius 1 is 0.354 bits per heavy atom. The van der Waals surface area contributed by atoms with Gasteiger partial charge < -0.3 is 0 Å². The van der Waals surface area contributed by atoms with Crippen molar-refractivity contribution >= 4 is 43.5 Å². The Labute approximate surface area is 378 Å². The Balaban J connectivity index is 1.00. The second kappa shape index (κ2) is 12.8. The van der Waals surface area contributed by atoms with E-state index in [4.69, 9.17) is 0 Å². The van der Waals surface area contributed by atoms with Crippen molar-refractivity contribution in [3.8, 4) is 77.9 Å². The van der Waals surface area contributed by atoms with E-state index in [2.05, 4.69) is 225 Å². The molecule has 0 bridgehead atoms. The van der Waals surface area contributed by atoms with E-state index < -0.39 is 0 Å². The predicted molar refractivity (Wildman–Crippen MR) is 275 cm³/mol. The van der Waals surface area contributed by atoms with Crippen LogP contribution in [0.1, 0.15) is 29.5 Å². The molecule has 2 unspecified atom stereocenters. The van der Waals surface area contributed by atoms with Crippen LogP contribution in [0.4, 0.5) is 0 Å². The molecule has 0 amide bonds. The summed E-state index contributed by atoms with van der Waals surface area (Å²) in [4.78, 5) is 0. The zero-order chi connectivity index (χ0) is 42.5. The van der Waals surface area contributed by atoms with Crippen LogP contribution in [-0.4, -0.2) is 0 Å². The highest BCUT2D eigenvalue weighted by Crippen LogP contribution is 2.70. The van der Waals surface area contributed by atoms with Crippen molar-refractivity contribution in [1.29, 1.82) is 0 Å². The number of hydrogen-bond acceptors (Lipinski definition) is 0. The molecule has 65 heavy (non-hydrogen) atoms. The molecule has 0 saturated heterocycles. The van der Waals surface area contributed by atoms with Gasteiger partial charge in [0.15, 0.2) is 0 Å². The molecule has 5 aliphatic carbocycles. The van der Waals surface area contributed by atoms with E-state index in [0.717, 1.165) is 0 Å². The maximum Gasteiger partial charge on any atom is 0.0290 e. The highest BCUT2D eigenvalue weighted by atomic mass is 14.5. The number of fused-ring (bicyclic) bond motifs is 11. The molecule has 0 aliphatic heterocycles. The van der Waals surface area contributed by atoms with Crippen LogP contribution in [0.25, 0.3) is 121 Å². The van der Waals surface area contributed by atoms with Crippen molar-refractivity contribution in [2.24, 2.45) is 5.41 Å². The smallest absolute Gasteiger partial charge is 0.0290 e. The fraction of sp³-hybridized carbons (Fsp3) is 0.0462. The predicted octanol–water partition coefficient (Wildman–Crippen LogP) is 17.5. The summed E-state index contributed by atoms with van der Waals surface area (Å²) in [6, 6.07) is 70.4. The number of allylic oxidation sites excluding steroid dienone is 8. The van der Waals surface area contributed by atoms with Gasteiger partial charge in [-0.05, 0) is 144 Å². The van der Waals surface area contributed by atoms with Crippen LogP contribution in [-0.2, 0) is 0 Å². The zero-order valence-electron chi connectivity index (χ0n) is 35.9. The first-order chi connectivity index (χ1) is 32.2. The molecule has 0 N–H and O–H groups in total. The highest BCUT2D eigenvalue weighted by molar-refractivity contribution is 6.29. The van der Waals surface area contributed by atoms with E-state index >= 15 is 0 Å². The van der Waals surface area contributed by atoms with Gasteiger partial charge in [-0.25, -0.2) is 0 Å². The average molecular weight is 821 g/mol. The van der Waals surface area contributed by atoms with E-state index in [9.17, 15) is 0 Å². The molecule has 0 saturated carbocycles. The normalized spacial score (nSPS) is 17.7. The van der Waals surface area contributed by atoms with E-state index in [0.29, 0.717) is 0 Å². The number of hydrogen-bond donors (Lipinski definition) is 0. The zero-order valence-corrected chi connectivity index (χ0v) is 35.9. The van der Waals surface area contributed by atoms with E-state index in [1.165, 1.54) is 144 Å². The first-order valence-corrected chi connectivity index (χ1v) is 23.1. The van der Waals surface area contributed by atoms with E-state index in [1.54, 1.807) is 0 Å². The molecular formula is C65H40. The van der Waals surface area contributed by atoms with Crippen molar-refractivity contribution in [2.45, 2.75) is 12.8 Å². The van der Waals surface area contributed by atoms with Gasteiger partial charge in [0.05, 0.1) is 0 Å². The molecule has 10 aromatic rings. The Kier molecular flexibility index (Phi) is 6.96. The Morgan fingerprint density at radius 3 is 1.55 bits per heavy atom. The third kappa shape index (κ3) is 4.42. The maximum absolute atomic E-state index is 2.57. The van der Waals surface area contributed by atoms with Gasteiger partial charge >= 0.3 is 0 Å². The van der Waals surface area contributed by atoms with Crippen LogP contribution in [0.15, 0.2) is 224 Å². The summed E-state index contributed by atoms with van der Waals surface area (Å²) in [5.41, 5.74) is 26.6. The van der Waals surface area contributed by atoms with Gasteiger partial charge in [0, 0.05) is 11.3 Å². The van der Waals surface area contributed by atoms with Gasteiger partial charge in [-0.1, -0.05) is 225 Å². The summed E-state index contributed by atoms with van der Waals surface area (Å²) >= 11 is 0. The Bertz CT molecular complexity index is 3820. The molecule has 5 aliphatic rings. The first-order valence-electron chi connectivity index (χ1n) is 23.1. The van der Waals surface area contributed by atoms with Crippen molar-refractivity contribution in [3.05, 3.63) is 241 Å². The standard InChI is InChI=1S/C65H40/c1-65-52-32-17-33-53(65)64-60-46-25-12-11-24-41(46)45-29-16-30-49(59(45)60)57(40-22-9-4-10-23-40)63(64)54(65)37-36-43(52)42-34-35-51-58-44(42)28-15-31-50(58)61-55(38-18-5-2-6-19-38)47-26-13-14-27-48(47)56(62(51)61)39-20-7-3-8-21-39/h2-37,54H,1H3. The summed E-state index contributed by atoms with van der Waals surface area (Å²) in [6.45, 7) is 2.54. The molecule has 0 fully saturated rings. The lowest BCUT2D eigenvalue weighted by Crippen LogP contribution is -2.27. The molecule has 0 heterocycles. The average Bonchev–Trinajstić information content (AvgIpc) is 3.97.